The molecule has 1 aromatic rings. The zero-order chi connectivity index (χ0) is 14.7. The zero-order valence-corrected chi connectivity index (χ0v) is 12.8. The molecule has 6 nitrogen and oxygen atoms in total. The third-order valence-corrected chi connectivity index (χ3v) is 4.64. The van der Waals surface area contributed by atoms with Crippen LogP contribution in [-0.2, 0) is 6.54 Å². The smallest absolute Gasteiger partial charge is 0.224 e. The van der Waals surface area contributed by atoms with Crippen molar-refractivity contribution < 1.29 is 9.47 Å². The Morgan fingerprint density at radius 1 is 1.19 bits per heavy atom. The fourth-order valence-corrected chi connectivity index (χ4v) is 3.54. The van der Waals surface area contributed by atoms with Crippen LogP contribution in [-0.4, -0.2) is 54.3 Å². The highest BCUT2D eigenvalue weighted by molar-refractivity contribution is 5.34. The van der Waals surface area contributed by atoms with Gasteiger partial charge >= 0.3 is 0 Å². The molecular formula is C15H24N4O2. The number of nitrogens with zero attached hydrogens (tertiary/aromatic N) is 3. The van der Waals surface area contributed by atoms with Gasteiger partial charge in [0.05, 0.1) is 19.8 Å². The summed E-state index contributed by atoms with van der Waals surface area (Å²) in [5, 5.41) is 3.63. The highest BCUT2D eigenvalue weighted by Crippen LogP contribution is 2.28. The van der Waals surface area contributed by atoms with Gasteiger partial charge in [0, 0.05) is 18.6 Å². The van der Waals surface area contributed by atoms with Crippen LogP contribution in [0.15, 0.2) is 6.33 Å². The fourth-order valence-electron chi connectivity index (χ4n) is 3.54. The van der Waals surface area contributed by atoms with E-state index in [-0.39, 0.29) is 0 Å². The fraction of sp³-hybridized carbons (Fsp3) is 0.733. The first-order chi connectivity index (χ1) is 10.3. The van der Waals surface area contributed by atoms with E-state index in [4.69, 9.17) is 9.47 Å². The number of fused-ring (bicyclic) bond motifs is 1. The van der Waals surface area contributed by atoms with Crippen LogP contribution in [0, 0.1) is 0 Å². The lowest BCUT2D eigenvalue weighted by Crippen LogP contribution is -2.45. The normalized spacial score (nSPS) is 25.6. The third-order valence-electron chi connectivity index (χ3n) is 4.64. The van der Waals surface area contributed by atoms with Gasteiger partial charge in [0.15, 0.2) is 0 Å². The van der Waals surface area contributed by atoms with Crippen molar-refractivity contribution in [3.63, 3.8) is 0 Å². The largest absolute Gasteiger partial charge is 0.481 e. The van der Waals surface area contributed by atoms with Crippen LogP contribution < -0.4 is 14.8 Å². The lowest BCUT2D eigenvalue weighted by Gasteiger charge is -2.35. The molecule has 0 spiro atoms. The Morgan fingerprint density at radius 2 is 1.95 bits per heavy atom. The first-order valence-corrected chi connectivity index (χ1v) is 7.71. The van der Waals surface area contributed by atoms with E-state index in [1.54, 1.807) is 14.2 Å². The van der Waals surface area contributed by atoms with E-state index in [2.05, 4.69) is 20.2 Å². The maximum absolute atomic E-state index is 5.32. The summed E-state index contributed by atoms with van der Waals surface area (Å²) in [4.78, 5) is 11.0. The van der Waals surface area contributed by atoms with Crippen molar-refractivity contribution in [1.29, 1.82) is 0 Å². The quantitative estimate of drug-likeness (QED) is 0.880. The van der Waals surface area contributed by atoms with Crippen molar-refractivity contribution in [2.45, 2.75) is 44.3 Å². The lowest BCUT2D eigenvalue weighted by molar-refractivity contribution is 0.166. The molecule has 0 radical (unpaired) electrons. The first-order valence-electron chi connectivity index (χ1n) is 7.71. The predicted molar refractivity (Wildman–Crippen MR) is 79.6 cm³/mol. The van der Waals surface area contributed by atoms with E-state index in [1.165, 1.54) is 45.1 Å². The van der Waals surface area contributed by atoms with Crippen LogP contribution in [0.1, 0.15) is 31.2 Å². The molecule has 2 unspecified atom stereocenters. The van der Waals surface area contributed by atoms with Crippen molar-refractivity contribution in [1.82, 2.24) is 20.2 Å². The molecule has 21 heavy (non-hydrogen) atoms. The molecule has 2 aliphatic rings. The number of rotatable bonds is 5. The van der Waals surface area contributed by atoms with E-state index in [9.17, 15) is 0 Å². The Kier molecular flexibility index (Phi) is 4.55. The molecule has 0 aliphatic carbocycles. The Hall–Kier alpha value is -1.40. The van der Waals surface area contributed by atoms with Gasteiger partial charge in [0.25, 0.3) is 0 Å². The van der Waals surface area contributed by atoms with Crippen molar-refractivity contribution in [3.05, 3.63) is 11.9 Å². The van der Waals surface area contributed by atoms with Gasteiger partial charge in [-0.05, 0) is 38.8 Å². The van der Waals surface area contributed by atoms with Gasteiger partial charge in [-0.1, -0.05) is 0 Å². The van der Waals surface area contributed by atoms with Crippen molar-refractivity contribution >= 4 is 0 Å². The molecule has 0 saturated carbocycles. The Morgan fingerprint density at radius 3 is 2.67 bits per heavy atom. The summed E-state index contributed by atoms with van der Waals surface area (Å²) in [6, 6.07) is 1.33. The molecular weight excluding hydrogens is 268 g/mol. The lowest BCUT2D eigenvalue weighted by atomic mass is 9.97. The molecule has 3 heterocycles. The average Bonchev–Trinajstić information content (AvgIpc) is 3.00. The summed E-state index contributed by atoms with van der Waals surface area (Å²) in [6.07, 6.45) is 6.61. The number of hydrogen-bond acceptors (Lipinski definition) is 6. The predicted octanol–water partition coefficient (Wildman–Crippen LogP) is 1.21. The van der Waals surface area contributed by atoms with Crippen LogP contribution in [0.3, 0.4) is 0 Å². The summed E-state index contributed by atoms with van der Waals surface area (Å²) in [6.45, 7) is 3.18. The summed E-state index contributed by atoms with van der Waals surface area (Å²) >= 11 is 0. The monoisotopic (exact) mass is 292 g/mol. The molecule has 6 heteroatoms. The minimum absolute atomic E-state index is 0.555. The molecule has 1 N–H and O–H groups in total. The molecule has 2 atom stereocenters. The van der Waals surface area contributed by atoms with E-state index in [1.807, 2.05) is 0 Å². The van der Waals surface area contributed by atoms with Crippen LogP contribution in [0.25, 0.3) is 0 Å². The minimum atomic E-state index is 0.555. The zero-order valence-electron chi connectivity index (χ0n) is 12.8. The number of piperidine rings is 1. The molecule has 116 valence electrons. The molecule has 0 amide bonds. The second kappa shape index (κ2) is 6.58. The molecule has 0 aromatic carbocycles. The van der Waals surface area contributed by atoms with Gasteiger partial charge in [-0.25, -0.2) is 9.97 Å². The van der Waals surface area contributed by atoms with E-state index in [0.29, 0.717) is 24.3 Å². The summed E-state index contributed by atoms with van der Waals surface area (Å²) in [7, 11) is 3.25. The van der Waals surface area contributed by atoms with Gasteiger partial charge in [-0.3, -0.25) is 0 Å². The molecule has 2 aliphatic heterocycles. The topological polar surface area (TPSA) is 59.5 Å². The Labute approximate surface area is 125 Å². The van der Waals surface area contributed by atoms with Crippen molar-refractivity contribution in [2.24, 2.45) is 0 Å². The Bertz CT molecular complexity index is 460. The molecule has 2 fully saturated rings. The standard InChI is InChI=1S/C15H24N4O2/c1-20-14-13(15(21-2)18-10-17-14)9-16-11-5-7-19-6-3-4-12(19)8-11/h10-12,16H,3-9H2,1-2H3. The average molecular weight is 292 g/mol. The number of methoxy groups -OCH3 is 2. The second-order valence-corrected chi connectivity index (χ2v) is 5.80. The van der Waals surface area contributed by atoms with Gasteiger partial charge in [-0.15, -0.1) is 0 Å². The number of ether oxygens (including phenoxy) is 2. The van der Waals surface area contributed by atoms with Crippen LogP contribution in [0.2, 0.25) is 0 Å². The van der Waals surface area contributed by atoms with E-state index < -0.39 is 0 Å². The first kappa shape index (κ1) is 14.5. The van der Waals surface area contributed by atoms with E-state index >= 15 is 0 Å². The maximum Gasteiger partial charge on any atom is 0.224 e. The molecule has 3 rings (SSSR count). The summed E-state index contributed by atoms with van der Waals surface area (Å²) in [5.74, 6) is 1.18. The summed E-state index contributed by atoms with van der Waals surface area (Å²) < 4.78 is 10.6. The van der Waals surface area contributed by atoms with Crippen LogP contribution in [0.4, 0.5) is 0 Å². The van der Waals surface area contributed by atoms with Crippen molar-refractivity contribution in [2.75, 3.05) is 27.3 Å². The Balaban J connectivity index is 1.62. The van der Waals surface area contributed by atoms with E-state index in [0.717, 1.165) is 11.6 Å². The maximum atomic E-state index is 5.32. The van der Waals surface area contributed by atoms with Gasteiger partial charge < -0.3 is 19.7 Å². The highest BCUT2D eigenvalue weighted by Gasteiger charge is 2.31. The van der Waals surface area contributed by atoms with Crippen LogP contribution in [0.5, 0.6) is 11.8 Å². The number of aromatic nitrogens is 2. The number of nitrogens with one attached hydrogen (secondary N) is 1. The third kappa shape index (κ3) is 3.11. The van der Waals surface area contributed by atoms with Crippen LogP contribution >= 0.6 is 0 Å². The number of hydrogen-bond donors (Lipinski definition) is 1. The summed E-state index contributed by atoms with van der Waals surface area (Å²) in [5.41, 5.74) is 0.899. The van der Waals surface area contributed by atoms with Gasteiger partial charge in [0.1, 0.15) is 6.33 Å². The molecule has 1 aromatic heterocycles. The SMILES string of the molecule is COc1ncnc(OC)c1CNC1CCN2CCCC2C1. The minimum Gasteiger partial charge on any atom is -0.481 e. The van der Waals surface area contributed by atoms with Gasteiger partial charge in [-0.2, -0.15) is 0 Å². The van der Waals surface area contributed by atoms with Crippen molar-refractivity contribution in [3.8, 4) is 11.8 Å². The highest BCUT2D eigenvalue weighted by atomic mass is 16.5. The second-order valence-electron chi connectivity index (χ2n) is 5.80. The molecule has 0 bridgehead atoms. The molecule has 2 saturated heterocycles. The van der Waals surface area contributed by atoms with Gasteiger partial charge in [0.2, 0.25) is 11.8 Å².